The predicted molar refractivity (Wildman–Crippen MR) is 110 cm³/mol. The average Bonchev–Trinajstić information content (AvgIpc) is 3.08. The first-order valence-corrected chi connectivity index (χ1v) is 9.43. The Hall–Kier alpha value is -1.40. The summed E-state index contributed by atoms with van der Waals surface area (Å²) in [4.78, 5) is 15.5. The van der Waals surface area contributed by atoms with E-state index in [9.17, 15) is 15.0 Å². The quantitative estimate of drug-likeness (QED) is 0.687. The number of hydrogen-bond acceptors (Lipinski definition) is 5. The number of halogens is 1. The monoisotopic (exact) mass is 397 g/mol. The van der Waals surface area contributed by atoms with Crippen LogP contribution in [-0.2, 0) is 12.0 Å². The largest absolute Gasteiger partial charge is 0.507 e. The van der Waals surface area contributed by atoms with Gasteiger partial charge in [0.2, 0.25) is 5.78 Å². The molecular weight excluding hydrogens is 370 g/mol. The summed E-state index contributed by atoms with van der Waals surface area (Å²) in [6, 6.07) is 7.28. The molecule has 0 aliphatic heterocycles. The number of rotatable bonds is 7. The minimum atomic E-state index is -0.279. The van der Waals surface area contributed by atoms with Crippen molar-refractivity contribution in [1.29, 1.82) is 0 Å². The van der Waals surface area contributed by atoms with Gasteiger partial charge < -0.3 is 10.2 Å². The molecule has 0 radical (unpaired) electrons. The topological polar surface area (TPSA) is 60.8 Å². The van der Waals surface area contributed by atoms with Crippen molar-refractivity contribution in [3.63, 3.8) is 0 Å². The molecule has 4 nitrogen and oxygen atoms in total. The number of nitrogens with zero attached hydrogens (tertiary/aromatic N) is 1. The van der Waals surface area contributed by atoms with E-state index in [1.807, 2.05) is 56.2 Å². The molecule has 0 bridgehead atoms. The Kier molecular flexibility index (Phi) is 8.28. The highest BCUT2D eigenvalue weighted by Gasteiger charge is 2.24. The molecule has 6 heteroatoms. The number of aliphatic hydroxyl groups is 1. The zero-order valence-corrected chi connectivity index (χ0v) is 17.4. The number of aromatic hydroxyl groups is 1. The highest BCUT2D eigenvalue weighted by atomic mass is 35.5. The molecule has 2 rings (SSSR count). The minimum Gasteiger partial charge on any atom is -0.507 e. The number of carbonyl (C=O) groups is 1. The fourth-order valence-electron chi connectivity index (χ4n) is 2.80. The van der Waals surface area contributed by atoms with Gasteiger partial charge in [-0.15, -0.1) is 23.7 Å². The normalized spacial score (nSPS) is 11.5. The number of hydrogen-bond donors (Lipinski definition) is 2. The molecule has 2 aromatic rings. The Morgan fingerprint density at radius 3 is 2.46 bits per heavy atom. The van der Waals surface area contributed by atoms with Gasteiger partial charge in [0, 0.05) is 29.8 Å². The summed E-state index contributed by atoms with van der Waals surface area (Å²) in [6.45, 7) is 9.94. The second kappa shape index (κ2) is 9.51. The molecule has 1 aromatic heterocycles. The third kappa shape index (κ3) is 5.30. The lowest BCUT2D eigenvalue weighted by Crippen LogP contribution is -2.26. The van der Waals surface area contributed by atoms with E-state index < -0.39 is 0 Å². The number of phenolic OH excluding ortho intramolecular Hbond substituents is 1. The molecule has 0 fully saturated rings. The number of thiophene rings is 1. The number of ketones is 1. The maximum Gasteiger partial charge on any atom is 0.202 e. The van der Waals surface area contributed by atoms with Gasteiger partial charge in [0.15, 0.2) is 0 Å². The van der Waals surface area contributed by atoms with Crippen LogP contribution in [0.2, 0.25) is 0 Å². The van der Waals surface area contributed by atoms with Crippen molar-refractivity contribution < 1.29 is 15.0 Å². The fourth-order valence-corrected chi connectivity index (χ4v) is 3.48. The van der Waals surface area contributed by atoms with E-state index >= 15 is 0 Å². The molecule has 1 aromatic carbocycles. The first-order valence-electron chi connectivity index (χ1n) is 8.55. The molecule has 0 saturated carbocycles. The Labute approximate surface area is 165 Å². The first kappa shape index (κ1) is 22.6. The molecule has 0 aliphatic carbocycles. The van der Waals surface area contributed by atoms with Crippen LogP contribution in [0.25, 0.3) is 0 Å². The van der Waals surface area contributed by atoms with E-state index in [1.54, 1.807) is 6.07 Å². The van der Waals surface area contributed by atoms with Crippen molar-refractivity contribution in [2.45, 2.75) is 39.7 Å². The summed E-state index contributed by atoms with van der Waals surface area (Å²) in [5, 5.41) is 21.9. The average molecular weight is 398 g/mol. The molecule has 26 heavy (non-hydrogen) atoms. The van der Waals surface area contributed by atoms with Gasteiger partial charge in [0.1, 0.15) is 5.75 Å². The second-order valence-corrected chi connectivity index (χ2v) is 8.13. The second-order valence-electron chi connectivity index (χ2n) is 7.18. The van der Waals surface area contributed by atoms with Gasteiger partial charge >= 0.3 is 0 Å². The van der Waals surface area contributed by atoms with Crippen LogP contribution < -0.4 is 0 Å². The van der Waals surface area contributed by atoms with E-state index in [1.165, 1.54) is 11.3 Å². The SMILES string of the molecule is CCN(CCO)Cc1cc(C(=O)c2cccs2)cc(C(C)(C)C)c1O.Cl. The van der Waals surface area contributed by atoms with Crippen LogP contribution in [0.3, 0.4) is 0 Å². The van der Waals surface area contributed by atoms with Crippen LogP contribution in [-0.4, -0.2) is 40.6 Å². The van der Waals surface area contributed by atoms with Crippen LogP contribution >= 0.6 is 23.7 Å². The number of benzene rings is 1. The van der Waals surface area contributed by atoms with Gasteiger partial charge in [-0.1, -0.05) is 33.8 Å². The summed E-state index contributed by atoms with van der Waals surface area (Å²) in [7, 11) is 0. The number of likely N-dealkylation sites (N-methyl/N-ethyl adjacent to an activating group) is 1. The van der Waals surface area contributed by atoms with Crippen molar-refractivity contribution in [3.8, 4) is 5.75 Å². The van der Waals surface area contributed by atoms with Crippen LogP contribution in [0.5, 0.6) is 5.75 Å². The Balaban J connectivity index is 0.00000338. The third-order valence-corrected chi connectivity index (χ3v) is 5.13. The van der Waals surface area contributed by atoms with Crippen LogP contribution in [0.1, 0.15) is 54.1 Å². The summed E-state index contributed by atoms with van der Waals surface area (Å²) < 4.78 is 0. The number of aliphatic hydroxyl groups excluding tert-OH is 1. The first-order chi connectivity index (χ1) is 11.8. The van der Waals surface area contributed by atoms with Crippen molar-refractivity contribution in [2.24, 2.45) is 0 Å². The van der Waals surface area contributed by atoms with Gasteiger partial charge in [-0.2, -0.15) is 0 Å². The highest BCUT2D eigenvalue weighted by molar-refractivity contribution is 7.12. The van der Waals surface area contributed by atoms with E-state index in [0.29, 0.717) is 23.5 Å². The van der Waals surface area contributed by atoms with Gasteiger partial charge in [0.05, 0.1) is 11.5 Å². The molecule has 0 spiro atoms. The summed E-state index contributed by atoms with van der Waals surface area (Å²) in [6.07, 6.45) is 0. The third-order valence-electron chi connectivity index (χ3n) is 4.26. The number of phenols is 1. The van der Waals surface area contributed by atoms with Gasteiger partial charge in [-0.25, -0.2) is 0 Å². The lowest BCUT2D eigenvalue weighted by molar-refractivity contribution is 0.104. The maximum atomic E-state index is 12.8. The van der Waals surface area contributed by atoms with Gasteiger partial charge in [-0.3, -0.25) is 9.69 Å². The highest BCUT2D eigenvalue weighted by Crippen LogP contribution is 2.36. The minimum absolute atomic E-state index is 0. The standard InChI is InChI=1S/C20H27NO3S.ClH/c1-5-21(8-9-22)13-15-11-14(19(24)17-7-6-10-25-17)12-16(18(15)23)20(2,3)4;/h6-7,10-12,22-23H,5,8-9,13H2,1-4H3;1H. The molecule has 0 aliphatic rings. The molecule has 0 amide bonds. The molecule has 0 saturated heterocycles. The lowest BCUT2D eigenvalue weighted by Gasteiger charge is -2.25. The molecular formula is C20H28ClNO3S. The van der Waals surface area contributed by atoms with Gasteiger partial charge in [0.25, 0.3) is 0 Å². The molecule has 0 unspecified atom stereocenters. The van der Waals surface area contributed by atoms with Crippen LogP contribution in [0.15, 0.2) is 29.6 Å². The Morgan fingerprint density at radius 2 is 1.96 bits per heavy atom. The Morgan fingerprint density at radius 1 is 1.27 bits per heavy atom. The summed E-state index contributed by atoms with van der Waals surface area (Å²) in [5.41, 5.74) is 1.81. The van der Waals surface area contributed by atoms with E-state index in [4.69, 9.17) is 0 Å². The molecule has 1 heterocycles. The van der Waals surface area contributed by atoms with Crippen molar-refractivity contribution in [2.75, 3.05) is 19.7 Å². The number of carbonyl (C=O) groups excluding carboxylic acids is 1. The zero-order chi connectivity index (χ0) is 18.6. The van der Waals surface area contributed by atoms with Crippen LogP contribution in [0, 0.1) is 0 Å². The van der Waals surface area contributed by atoms with E-state index in [-0.39, 0.29) is 36.0 Å². The molecule has 144 valence electrons. The van der Waals surface area contributed by atoms with E-state index in [0.717, 1.165) is 17.7 Å². The smallest absolute Gasteiger partial charge is 0.202 e. The zero-order valence-electron chi connectivity index (χ0n) is 15.8. The molecule has 0 atom stereocenters. The fraction of sp³-hybridized carbons (Fsp3) is 0.450. The van der Waals surface area contributed by atoms with Crippen molar-refractivity contribution in [3.05, 3.63) is 51.2 Å². The predicted octanol–water partition coefficient (Wildman–Crippen LogP) is 4.22. The Bertz CT molecular complexity index is 723. The maximum absolute atomic E-state index is 12.8. The summed E-state index contributed by atoms with van der Waals surface area (Å²) in [5.74, 6) is 0.221. The van der Waals surface area contributed by atoms with Gasteiger partial charge in [-0.05, 0) is 35.5 Å². The van der Waals surface area contributed by atoms with E-state index in [2.05, 4.69) is 0 Å². The molecule has 2 N–H and O–H groups in total. The van der Waals surface area contributed by atoms with Crippen molar-refractivity contribution in [1.82, 2.24) is 4.90 Å². The lowest BCUT2D eigenvalue weighted by atomic mass is 9.83. The van der Waals surface area contributed by atoms with Crippen LogP contribution in [0.4, 0.5) is 0 Å². The summed E-state index contributed by atoms with van der Waals surface area (Å²) >= 11 is 1.42. The van der Waals surface area contributed by atoms with Crippen molar-refractivity contribution >= 4 is 29.5 Å².